The molecule has 1 aliphatic heterocycles. The average molecular weight is 337 g/mol. The van der Waals surface area contributed by atoms with Gasteiger partial charge < -0.3 is 10.2 Å². The maximum atomic E-state index is 13.9. The van der Waals surface area contributed by atoms with Crippen molar-refractivity contribution in [2.45, 2.75) is 18.9 Å². The van der Waals surface area contributed by atoms with E-state index in [1.54, 1.807) is 42.5 Å². The quantitative estimate of drug-likeness (QED) is 0.931. The highest BCUT2D eigenvalue weighted by Gasteiger charge is 2.34. The van der Waals surface area contributed by atoms with Crippen molar-refractivity contribution in [1.29, 1.82) is 5.26 Å². The molecule has 0 spiro atoms. The lowest BCUT2D eigenvalue weighted by atomic mass is 10.1. The molecule has 2 aromatic rings. The van der Waals surface area contributed by atoms with Crippen LogP contribution in [0.15, 0.2) is 48.5 Å². The van der Waals surface area contributed by atoms with Crippen molar-refractivity contribution in [3.8, 4) is 6.07 Å². The first kappa shape index (κ1) is 16.7. The number of para-hydroxylation sites is 1. The molecule has 1 fully saturated rings. The highest BCUT2D eigenvalue weighted by atomic mass is 19.1. The number of halogens is 1. The van der Waals surface area contributed by atoms with Gasteiger partial charge in [0.05, 0.1) is 18.2 Å². The lowest BCUT2D eigenvalue weighted by molar-refractivity contribution is -0.118. The van der Waals surface area contributed by atoms with E-state index in [2.05, 4.69) is 5.32 Å². The Bertz CT molecular complexity index is 860. The number of benzene rings is 2. The summed E-state index contributed by atoms with van der Waals surface area (Å²) in [6.07, 6.45) is 0.626. The summed E-state index contributed by atoms with van der Waals surface area (Å²) in [6.45, 7) is 0.346. The summed E-state index contributed by atoms with van der Waals surface area (Å²) in [6, 6.07) is 14.1. The van der Waals surface area contributed by atoms with Gasteiger partial charge in [0.15, 0.2) is 0 Å². The van der Waals surface area contributed by atoms with Crippen LogP contribution in [0.1, 0.15) is 22.3 Å². The lowest BCUT2D eigenvalue weighted by Gasteiger charge is -2.18. The van der Waals surface area contributed by atoms with Crippen molar-refractivity contribution < 1.29 is 14.0 Å². The summed E-state index contributed by atoms with van der Waals surface area (Å²) >= 11 is 0. The number of nitrogens with one attached hydrogen (secondary N) is 1. The van der Waals surface area contributed by atoms with Gasteiger partial charge in [0, 0.05) is 12.1 Å². The molecule has 0 aromatic heterocycles. The SMILES string of the molecule is N#CCc1cccc(C(=O)NC2CCN(c3ccccc3F)C2=O)c1. The average Bonchev–Trinajstić information content (AvgIpc) is 2.96. The van der Waals surface area contributed by atoms with Crippen LogP contribution in [-0.4, -0.2) is 24.4 Å². The Labute approximate surface area is 144 Å². The molecule has 0 bridgehead atoms. The number of amides is 2. The first-order valence-electron chi connectivity index (χ1n) is 7.93. The van der Waals surface area contributed by atoms with Crippen LogP contribution in [0.4, 0.5) is 10.1 Å². The number of rotatable bonds is 4. The van der Waals surface area contributed by atoms with Crippen molar-refractivity contribution in [2.75, 3.05) is 11.4 Å². The minimum absolute atomic E-state index is 0.213. The van der Waals surface area contributed by atoms with Crippen LogP contribution in [-0.2, 0) is 11.2 Å². The predicted molar refractivity (Wildman–Crippen MR) is 90.4 cm³/mol. The zero-order valence-corrected chi connectivity index (χ0v) is 13.4. The van der Waals surface area contributed by atoms with Gasteiger partial charge in [0.1, 0.15) is 11.9 Å². The number of hydrogen-bond donors (Lipinski definition) is 1. The first-order valence-corrected chi connectivity index (χ1v) is 7.93. The highest BCUT2D eigenvalue weighted by molar-refractivity contribution is 6.04. The third-order valence-electron chi connectivity index (χ3n) is 4.13. The standard InChI is InChI=1S/C19H16FN3O2/c20-15-6-1-2-7-17(15)23-11-9-16(19(23)25)22-18(24)14-5-3-4-13(12-14)8-10-21/h1-7,12,16H,8-9,11H2,(H,22,24). The van der Waals surface area contributed by atoms with Crippen LogP contribution in [0.5, 0.6) is 0 Å². The second kappa shape index (κ2) is 7.14. The molecule has 0 radical (unpaired) electrons. The lowest BCUT2D eigenvalue weighted by Crippen LogP contribution is -2.41. The predicted octanol–water partition coefficient (Wildman–Crippen LogP) is 2.43. The van der Waals surface area contributed by atoms with E-state index in [9.17, 15) is 14.0 Å². The molecule has 1 saturated heterocycles. The van der Waals surface area contributed by atoms with Gasteiger partial charge in [-0.25, -0.2) is 4.39 Å². The Morgan fingerprint density at radius 2 is 2.08 bits per heavy atom. The summed E-state index contributed by atoms with van der Waals surface area (Å²) in [5.41, 5.74) is 1.35. The molecule has 25 heavy (non-hydrogen) atoms. The normalized spacial score (nSPS) is 16.6. The number of carbonyl (C=O) groups excluding carboxylic acids is 2. The number of anilines is 1. The zero-order chi connectivity index (χ0) is 17.8. The van der Waals surface area contributed by atoms with Crippen LogP contribution >= 0.6 is 0 Å². The number of nitrogens with zero attached hydrogens (tertiary/aromatic N) is 2. The van der Waals surface area contributed by atoms with Gasteiger partial charge in [-0.3, -0.25) is 9.59 Å². The topological polar surface area (TPSA) is 73.2 Å². The Hall–Kier alpha value is -3.20. The third-order valence-corrected chi connectivity index (χ3v) is 4.13. The maximum Gasteiger partial charge on any atom is 0.251 e. The summed E-state index contributed by atoms with van der Waals surface area (Å²) in [7, 11) is 0. The molecule has 6 heteroatoms. The molecular weight excluding hydrogens is 321 g/mol. The summed E-state index contributed by atoms with van der Waals surface area (Å²) in [4.78, 5) is 26.2. The largest absolute Gasteiger partial charge is 0.340 e. The van der Waals surface area contributed by atoms with Crippen molar-refractivity contribution in [2.24, 2.45) is 0 Å². The molecule has 2 amide bonds. The molecule has 5 nitrogen and oxygen atoms in total. The van der Waals surface area contributed by atoms with Gasteiger partial charge in [-0.15, -0.1) is 0 Å². The van der Waals surface area contributed by atoms with E-state index in [0.717, 1.165) is 5.56 Å². The van der Waals surface area contributed by atoms with Gasteiger partial charge in [0.25, 0.3) is 5.91 Å². The molecule has 3 rings (SSSR count). The Kier molecular flexibility index (Phi) is 4.75. The Balaban J connectivity index is 1.71. The molecule has 126 valence electrons. The maximum absolute atomic E-state index is 13.9. The van der Waals surface area contributed by atoms with Gasteiger partial charge in [-0.2, -0.15) is 5.26 Å². The Morgan fingerprint density at radius 3 is 2.84 bits per heavy atom. The molecule has 1 heterocycles. The summed E-state index contributed by atoms with van der Waals surface area (Å²) in [5.74, 6) is -1.17. The van der Waals surface area contributed by atoms with Crippen molar-refractivity contribution >= 4 is 17.5 Å². The van der Waals surface area contributed by atoms with Gasteiger partial charge in [-0.05, 0) is 36.2 Å². The second-order valence-electron chi connectivity index (χ2n) is 5.79. The molecule has 1 aliphatic rings. The molecule has 1 N–H and O–H groups in total. The van der Waals surface area contributed by atoms with Crippen LogP contribution in [0, 0.1) is 17.1 Å². The molecule has 2 aromatic carbocycles. The van der Waals surface area contributed by atoms with E-state index in [4.69, 9.17) is 5.26 Å². The Morgan fingerprint density at radius 1 is 1.28 bits per heavy atom. The van der Waals surface area contributed by atoms with Crippen LogP contribution in [0.3, 0.4) is 0 Å². The fourth-order valence-electron chi connectivity index (χ4n) is 2.88. The van der Waals surface area contributed by atoms with Gasteiger partial charge >= 0.3 is 0 Å². The smallest absolute Gasteiger partial charge is 0.251 e. The fourth-order valence-corrected chi connectivity index (χ4v) is 2.88. The van der Waals surface area contributed by atoms with Crippen molar-refractivity contribution in [3.63, 3.8) is 0 Å². The third kappa shape index (κ3) is 3.50. The van der Waals surface area contributed by atoms with E-state index in [1.807, 2.05) is 6.07 Å². The monoisotopic (exact) mass is 337 g/mol. The van der Waals surface area contributed by atoms with Crippen molar-refractivity contribution in [3.05, 3.63) is 65.5 Å². The number of nitriles is 1. The van der Waals surface area contributed by atoms with E-state index >= 15 is 0 Å². The zero-order valence-electron chi connectivity index (χ0n) is 13.4. The minimum Gasteiger partial charge on any atom is -0.340 e. The summed E-state index contributed by atoms with van der Waals surface area (Å²) in [5, 5.41) is 11.4. The number of hydrogen-bond acceptors (Lipinski definition) is 3. The molecular formula is C19H16FN3O2. The van der Waals surface area contributed by atoms with Crippen molar-refractivity contribution in [1.82, 2.24) is 5.32 Å². The van der Waals surface area contributed by atoms with Crippen LogP contribution in [0.2, 0.25) is 0 Å². The molecule has 1 atom stereocenters. The molecule has 1 unspecified atom stereocenters. The van der Waals surface area contributed by atoms with E-state index in [1.165, 1.54) is 11.0 Å². The highest BCUT2D eigenvalue weighted by Crippen LogP contribution is 2.24. The minimum atomic E-state index is -0.688. The van der Waals surface area contributed by atoms with E-state index in [0.29, 0.717) is 18.5 Å². The van der Waals surface area contributed by atoms with E-state index < -0.39 is 11.9 Å². The first-order chi connectivity index (χ1) is 12.1. The molecule has 0 aliphatic carbocycles. The summed E-state index contributed by atoms with van der Waals surface area (Å²) < 4.78 is 13.9. The van der Waals surface area contributed by atoms with Gasteiger partial charge in [0.2, 0.25) is 5.91 Å². The number of carbonyl (C=O) groups is 2. The van der Waals surface area contributed by atoms with Crippen LogP contribution < -0.4 is 10.2 Å². The molecule has 0 saturated carbocycles. The van der Waals surface area contributed by atoms with Crippen LogP contribution in [0.25, 0.3) is 0 Å². The fraction of sp³-hybridized carbons (Fsp3) is 0.211. The van der Waals surface area contributed by atoms with Gasteiger partial charge in [-0.1, -0.05) is 24.3 Å². The second-order valence-corrected chi connectivity index (χ2v) is 5.79. The van der Waals surface area contributed by atoms with E-state index in [-0.39, 0.29) is 23.9 Å².